The van der Waals surface area contributed by atoms with Gasteiger partial charge in [0.25, 0.3) is 10.0 Å². The van der Waals surface area contributed by atoms with Gasteiger partial charge in [0.15, 0.2) is 10.7 Å². The summed E-state index contributed by atoms with van der Waals surface area (Å²) in [5.74, 6) is 0.221. The van der Waals surface area contributed by atoms with E-state index in [4.69, 9.17) is 4.52 Å². The SMILES string of the molecule is Cc1cc2[nH]c(=O)[nH]c2cc1NS(=O)(=O)c1c(C)noc1C. The summed E-state index contributed by atoms with van der Waals surface area (Å²) >= 11 is 0. The average molecular weight is 322 g/mol. The van der Waals surface area contributed by atoms with E-state index in [0.29, 0.717) is 28.0 Å². The van der Waals surface area contributed by atoms with Crippen molar-refractivity contribution in [3.8, 4) is 0 Å². The lowest BCUT2D eigenvalue weighted by Gasteiger charge is -2.10. The first-order chi connectivity index (χ1) is 10.3. The molecule has 0 aliphatic heterocycles. The predicted molar refractivity (Wildman–Crippen MR) is 80.4 cm³/mol. The third kappa shape index (κ3) is 2.29. The van der Waals surface area contributed by atoms with E-state index in [2.05, 4.69) is 19.8 Å². The van der Waals surface area contributed by atoms with E-state index < -0.39 is 10.0 Å². The van der Waals surface area contributed by atoms with Crippen molar-refractivity contribution in [1.82, 2.24) is 15.1 Å². The Kier molecular flexibility index (Phi) is 3.10. The third-order valence-electron chi connectivity index (χ3n) is 3.34. The minimum absolute atomic E-state index is 0.0227. The molecule has 0 atom stereocenters. The molecular formula is C13H14N4O4S. The lowest BCUT2D eigenvalue weighted by atomic mass is 10.2. The standard InChI is InChI=1S/C13H14N4O4S/c1-6-4-10-11(15-13(18)14-10)5-9(6)17-22(19,20)12-7(2)16-21-8(12)3/h4-5,17H,1-3H3,(H2,14,15,18). The third-order valence-corrected chi connectivity index (χ3v) is 4.95. The van der Waals surface area contributed by atoms with Crippen LogP contribution in [-0.2, 0) is 10.0 Å². The number of nitrogens with one attached hydrogen (secondary N) is 3. The van der Waals surface area contributed by atoms with Gasteiger partial charge in [-0.15, -0.1) is 0 Å². The molecule has 9 heteroatoms. The molecule has 0 spiro atoms. The first-order valence-corrected chi connectivity index (χ1v) is 7.94. The van der Waals surface area contributed by atoms with E-state index in [1.807, 2.05) is 0 Å². The fraction of sp³-hybridized carbons (Fsp3) is 0.231. The van der Waals surface area contributed by atoms with Crippen LogP contribution < -0.4 is 10.4 Å². The molecule has 0 radical (unpaired) electrons. The normalized spacial score (nSPS) is 12.0. The van der Waals surface area contributed by atoms with Crippen LogP contribution in [0.5, 0.6) is 0 Å². The minimum Gasteiger partial charge on any atom is -0.360 e. The Morgan fingerprint density at radius 1 is 1.14 bits per heavy atom. The maximum atomic E-state index is 12.5. The van der Waals surface area contributed by atoms with Crippen LogP contribution >= 0.6 is 0 Å². The summed E-state index contributed by atoms with van der Waals surface area (Å²) in [6.07, 6.45) is 0. The van der Waals surface area contributed by atoms with Gasteiger partial charge in [-0.25, -0.2) is 13.2 Å². The summed E-state index contributed by atoms with van der Waals surface area (Å²) < 4.78 is 32.4. The maximum Gasteiger partial charge on any atom is 0.323 e. The lowest BCUT2D eigenvalue weighted by molar-refractivity contribution is 0.390. The molecule has 1 aromatic carbocycles. The number of hydrogen-bond donors (Lipinski definition) is 3. The van der Waals surface area contributed by atoms with Gasteiger partial charge in [-0.05, 0) is 38.5 Å². The Labute approximate surface area is 125 Å². The van der Waals surface area contributed by atoms with E-state index in [1.54, 1.807) is 26.0 Å². The molecule has 0 bridgehead atoms. The molecule has 0 unspecified atom stereocenters. The van der Waals surface area contributed by atoms with E-state index in [0.717, 1.165) is 0 Å². The summed E-state index contributed by atoms with van der Waals surface area (Å²) in [4.78, 5) is 16.5. The fourth-order valence-electron chi connectivity index (χ4n) is 2.35. The summed E-state index contributed by atoms with van der Waals surface area (Å²) in [7, 11) is -3.82. The highest BCUT2D eigenvalue weighted by Crippen LogP contribution is 2.26. The molecule has 8 nitrogen and oxygen atoms in total. The second-order valence-electron chi connectivity index (χ2n) is 5.05. The Morgan fingerprint density at radius 2 is 1.77 bits per heavy atom. The number of benzene rings is 1. The molecule has 0 saturated heterocycles. The molecule has 116 valence electrons. The van der Waals surface area contributed by atoms with Crippen molar-refractivity contribution in [2.45, 2.75) is 25.7 Å². The van der Waals surface area contributed by atoms with Crippen molar-refractivity contribution in [1.29, 1.82) is 0 Å². The van der Waals surface area contributed by atoms with Crippen LogP contribution in [0.4, 0.5) is 5.69 Å². The van der Waals surface area contributed by atoms with Crippen molar-refractivity contribution in [2.75, 3.05) is 4.72 Å². The van der Waals surface area contributed by atoms with Crippen molar-refractivity contribution in [3.63, 3.8) is 0 Å². The molecular weight excluding hydrogens is 308 g/mol. The zero-order valence-corrected chi connectivity index (χ0v) is 13.0. The van der Waals surface area contributed by atoms with Crippen LogP contribution in [-0.4, -0.2) is 23.5 Å². The Bertz CT molecular complexity index is 1010. The highest BCUT2D eigenvalue weighted by molar-refractivity contribution is 7.92. The molecule has 2 heterocycles. The molecule has 0 aliphatic rings. The number of rotatable bonds is 3. The number of aromatic amines is 2. The number of sulfonamides is 1. The number of fused-ring (bicyclic) bond motifs is 1. The summed E-state index contributed by atoms with van der Waals surface area (Å²) in [6, 6.07) is 3.26. The van der Waals surface area contributed by atoms with Gasteiger partial charge in [-0.2, -0.15) is 0 Å². The van der Waals surface area contributed by atoms with Gasteiger partial charge in [0, 0.05) is 0 Å². The highest BCUT2D eigenvalue weighted by atomic mass is 32.2. The van der Waals surface area contributed by atoms with Gasteiger partial charge in [-0.1, -0.05) is 5.16 Å². The van der Waals surface area contributed by atoms with Crippen LogP contribution in [0.3, 0.4) is 0 Å². The summed E-state index contributed by atoms with van der Waals surface area (Å²) in [5.41, 5.74) is 2.13. The zero-order chi connectivity index (χ0) is 16.1. The largest absolute Gasteiger partial charge is 0.360 e. The number of nitrogens with zero attached hydrogens (tertiary/aromatic N) is 1. The minimum atomic E-state index is -3.82. The van der Waals surface area contributed by atoms with E-state index in [1.165, 1.54) is 6.92 Å². The number of imidazole rings is 1. The van der Waals surface area contributed by atoms with Gasteiger partial charge >= 0.3 is 5.69 Å². The topological polar surface area (TPSA) is 121 Å². The quantitative estimate of drug-likeness (QED) is 0.676. The van der Waals surface area contributed by atoms with E-state index in [9.17, 15) is 13.2 Å². The van der Waals surface area contributed by atoms with Gasteiger partial charge in [0.1, 0.15) is 5.69 Å². The van der Waals surface area contributed by atoms with E-state index >= 15 is 0 Å². The summed E-state index contributed by atoms with van der Waals surface area (Å²) in [6.45, 7) is 4.84. The van der Waals surface area contributed by atoms with Crippen LogP contribution in [0.15, 0.2) is 26.3 Å². The predicted octanol–water partition coefficient (Wildman–Crippen LogP) is 1.57. The molecule has 3 aromatic rings. The van der Waals surface area contributed by atoms with Crippen molar-refractivity contribution < 1.29 is 12.9 Å². The maximum absolute atomic E-state index is 12.5. The molecule has 0 aliphatic carbocycles. The molecule has 2 aromatic heterocycles. The molecule has 0 saturated carbocycles. The number of anilines is 1. The molecule has 3 N–H and O–H groups in total. The number of hydrogen-bond acceptors (Lipinski definition) is 5. The number of aryl methyl sites for hydroxylation is 3. The average Bonchev–Trinajstić information content (AvgIpc) is 2.91. The Balaban J connectivity index is 2.09. The second-order valence-corrected chi connectivity index (χ2v) is 6.67. The first-order valence-electron chi connectivity index (χ1n) is 6.46. The second kappa shape index (κ2) is 4.73. The molecule has 0 fully saturated rings. The van der Waals surface area contributed by atoms with Crippen LogP contribution in [0.25, 0.3) is 11.0 Å². The summed E-state index contributed by atoms with van der Waals surface area (Å²) in [5, 5.41) is 3.65. The van der Waals surface area contributed by atoms with Crippen molar-refractivity contribution in [3.05, 3.63) is 39.6 Å². The van der Waals surface area contributed by atoms with Gasteiger partial charge in [0.05, 0.1) is 16.7 Å². The Morgan fingerprint density at radius 3 is 2.36 bits per heavy atom. The van der Waals surface area contributed by atoms with Crippen LogP contribution in [0.2, 0.25) is 0 Å². The highest BCUT2D eigenvalue weighted by Gasteiger charge is 2.25. The van der Waals surface area contributed by atoms with Crippen molar-refractivity contribution in [2.24, 2.45) is 0 Å². The number of H-pyrrole nitrogens is 2. The monoisotopic (exact) mass is 322 g/mol. The van der Waals surface area contributed by atoms with Crippen LogP contribution in [0.1, 0.15) is 17.0 Å². The Hall–Kier alpha value is -2.55. The van der Waals surface area contributed by atoms with E-state index in [-0.39, 0.29) is 16.3 Å². The van der Waals surface area contributed by atoms with Gasteiger partial charge in [-0.3, -0.25) is 4.72 Å². The van der Waals surface area contributed by atoms with Gasteiger partial charge in [0.2, 0.25) is 0 Å². The molecule has 3 rings (SSSR count). The molecule has 0 amide bonds. The fourth-order valence-corrected chi connectivity index (χ4v) is 3.81. The van der Waals surface area contributed by atoms with Crippen molar-refractivity contribution >= 4 is 26.7 Å². The zero-order valence-electron chi connectivity index (χ0n) is 12.1. The van der Waals surface area contributed by atoms with Crippen LogP contribution in [0, 0.1) is 20.8 Å². The number of aromatic nitrogens is 3. The smallest absolute Gasteiger partial charge is 0.323 e. The first kappa shape index (κ1) is 14.4. The molecule has 22 heavy (non-hydrogen) atoms. The van der Waals surface area contributed by atoms with Gasteiger partial charge < -0.3 is 14.5 Å². The lowest BCUT2D eigenvalue weighted by Crippen LogP contribution is -2.15.